The Bertz CT molecular complexity index is 797. The van der Waals surface area contributed by atoms with Gasteiger partial charge in [0.25, 0.3) is 5.91 Å². The van der Waals surface area contributed by atoms with Crippen LogP contribution < -0.4 is 4.72 Å². The number of likely N-dealkylation sites (tertiary alicyclic amines) is 1. The van der Waals surface area contributed by atoms with Crippen LogP contribution in [0.1, 0.15) is 23.7 Å². The number of nitrogens with zero attached hydrogens (tertiary/aromatic N) is 1. The molecule has 1 saturated heterocycles. The summed E-state index contributed by atoms with van der Waals surface area (Å²) in [5.74, 6) is -0.181. The Morgan fingerprint density at radius 2 is 2.18 bits per heavy atom. The summed E-state index contributed by atoms with van der Waals surface area (Å²) < 4.78 is 32.0. The van der Waals surface area contributed by atoms with Crippen molar-refractivity contribution in [1.82, 2.24) is 9.62 Å². The number of hydrogen-bond donors (Lipinski definition) is 1. The summed E-state index contributed by atoms with van der Waals surface area (Å²) in [6.07, 6.45) is 1.90. The first kappa shape index (κ1) is 15.1. The maximum Gasteiger partial charge on any atom is 0.257 e. The van der Waals surface area contributed by atoms with E-state index in [-0.39, 0.29) is 12.5 Å². The zero-order valence-electron chi connectivity index (χ0n) is 12.3. The van der Waals surface area contributed by atoms with Gasteiger partial charge < -0.3 is 9.32 Å². The normalized spacial score (nSPS) is 19.0. The predicted octanol–water partition coefficient (Wildman–Crippen LogP) is 1.59. The maximum atomic E-state index is 12.6. The molecule has 0 saturated carbocycles. The fraction of sp³-hybridized carbons (Fsp3) is 0.400. The fourth-order valence-corrected chi connectivity index (χ4v) is 4.23. The molecular weight excluding hydrogens is 304 g/mol. The van der Waals surface area contributed by atoms with E-state index < -0.39 is 15.3 Å². The average molecular weight is 322 g/mol. The van der Waals surface area contributed by atoms with Crippen LogP contribution >= 0.6 is 0 Å². The number of carbonyl (C=O) groups excluding carboxylic acids is 1. The van der Waals surface area contributed by atoms with Crippen LogP contribution in [-0.2, 0) is 10.0 Å². The van der Waals surface area contributed by atoms with Crippen molar-refractivity contribution in [2.24, 2.45) is 0 Å². The number of sulfonamides is 1. The zero-order chi connectivity index (χ0) is 15.7. The van der Waals surface area contributed by atoms with Gasteiger partial charge in [0.2, 0.25) is 10.0 Å². The van der Waals surface area contributed by atoms with Crippen molar-refractivity contribution in [2.75, 3.05) is 19.6 Å². The lowest BCUT2D eigenvalue weighted by atomic mass is 10.1. The van der Waals surface area contributed by atoms with Crippen LogP contribution in [0.15, 0.2) is 34.9 Å². The minimum Gasteiger partial charge on any atom is -0.463 e. The van der Waals surface area contributed by atoms with Crippen LogP contribution in [0.5, 0.6) is 0 Å². The summed E-state index contributed by atoms with van der Waals surface area (Å²) >= 11 is 0. The van der Waals surface area contributed by atoms with Crippen LogP contribution in [0, 0.1) is 0 Å². The van der Waals surface area contributed by atoms with Crippen LogP contribution in [0.4, 0.5) is 0 Å². The second-order valence-corrected chi connectivity index (χ2v) is 7.40. The number of rotatable bonds is 4. The molecule has 1 atom stereocenters. The van der Waals surface area contributed by atoms with Crippen LogP contribution in [0.25, 0.3) is 11.0 Å². The van der Waals surface area contributed by atoms with Gasteiger partial charge in [0.1, 0.15) is 11.8 Å². The van der Waals surface area contributed by atoms with Crippen molar-refractivity contribution in [3.05, 3.63) is 36.1 Å². The number of amides is 1. The molecule has 1 unspecified atom stereocenters. The molecule has 0 spiro atoms. The molecule has 6 nitrogen and oxygen atoms in total. The molecule has 2 aromatic rings. The highest BCUT2D eigenvalue weighted by Gasteiger charge is 2.35. The van der Waals surface area contributed by atoms with Gasteiger partial charge in [-0.05, 0) is 12.5 Å². The summed E-state index contributed by atoms with van der Waals surface area (Å²) in [6, 6.07) is 7.32. The van der Waals surface area contributed by atoms with Crippen molar-refractivity contribution < 1.29 is 17.6 Å². The van der Waals surface area contributed by atoms with Crippen LogP contribution in [0.3, 0.4) is 0 Å². The molecule has 2 heterocycles. The first-order chi connectivity index (χ1) is 10.5. The molecule has 0 aliphatic carbocycles. The highest BCUT2D eigenvalue weighted by Crippen LogP contribution is 2.25. The average Bonchev–Trinajstić information content (AvgIpc) is 3.14. The molecule has 1 aliphatic heterocycles. The molecular formula is C15H18N2O4S. The minimum absolute atomic E-state index is 0.181. The molecule has 0 bridgehead atoms. The van der Waals surface area contributed by atoms with Gasteiger partial charge in [0, 0.05) is 25.0 Å². The van der Waals surface area contributed by atoms with E-state index in [1.54, 1.807) is 17.9 Å². The molecule has 1 amide bonds. The number of carbonyl (C=O) groups is 1. The van der Waals surface area contributed by atoms with Gasteiger partial charge in [-0.2, -0.15) is 0 Å². The molecule has 7 heteroatoms. The fourth-order valence-electron chi connectivity index (χ4n) is 2.80. The van der Waals surface area contributed by atoms with E-state index >= 15 is 0 Å². The van der Waals surface area contributed by atoms with Crippen LogP contribution in [0.2, 0.25) is 0 Å². The van der Waals surface area contributed by atoms with Gasteiger partial charge >= 0.3 is 0 Å². The van der Waals surface area contributed by atoms with Crippen molar-refractivity contribution >= 4 is 26.9 Å². The van der Waals surface area contributed by atoms with Gasteiger partial charge in [0.15, 0.2) is 0 Å². The Morgan fingerprint density at radius 1 is 1.41 bits per heavy atom. The van der Waals surface area contributed by atoms with E-state index in [4.69, 9.17) is 4.42 Å². The first-order valence-electron chi connectivity index (χ1n) is 7.27. The van der Waals surface area contributed by atoms with Gasteiger partial charge in [-0.1, -0.05) is 25.1 Å². The van der Waals surface area contributed by atoms with Crippen molar-refractivity contribution in [2.45, 2.75) is 18.6 Å². The molecule has 1 N–H and O–H groups in total. The molecule has 1 aromatic heterocycles. The maximum absolute atomic E-state index is 12.6. The van der Waals surface area contributed by atoms with Gasteiger partial charge in [-0.25, -0.2) is 13.1 Å². The number of nitrogens with one attached hydrogen (secondary N) is 1. The summed E-state index contributed by atoms with van der Waals surface area (Å²) in [7, 11) is -3.36. The van der Waals surface area contributed by atoms with Crippen molar-refractivity contribution in [3.8, 4) is 0 Å². The number of hydrogen-bond acceptors (Lipinski definition) is 4. The lowest BCUT2D eigenvalue weighted by molar-refractivity contribution is 0.0794. The highest BCUT2D eigenvalue weighted by atomic mass is 32.2. The molecule has 3 rings (SSSR count). The largest absolute Gasteiger partial charge is 0.463 e. The number of para-hydroxylation sites is 1. The lowest BCUT2D eigenvalue weighted by Gasteiger charge is -2.16. The van der Waals surface area contributed by atoms with Crippen molar-refractivity contribution in [3.63, 3.8) is 0 Å². The van der Waals surface area contributed by atoms with Crippen LogP contribution in [-0.4, -0.2) is 44.1 Å². The van der Waals surface area contributed by atoms with E-state index in [0.29, 0.717) is 30.7 Å². The van der Waals surface area contributed by atoms with E-state index in [0.717, 1.165) is 5.39 Å². The summed E-state index contributed by atoms with van der Waals surface area (Å²) in [4.78, 5) is 14.2. The molecule has 118 valence electrons. The molecule has 0 radical (unpaired) electrons. The van der Waals surface area contributed by atoms with Gasteiger partial charge in [-0.15, -0.1) is 0 Å². The summed E-state index contributed by atoms with van der Waals surface area (Å²) in [6.45, 7) is 2.76. The van der Waals surface area contributed by atoms with E-state index in [1.807, 2.05) is 18.2 Å². The zero-order valence-corrected chi connectivity index (χ0v) is 13.1. The molecule has 1 fully saturated rings. The number of furan rings is 1. The van der Waals surface area contributed by atoms with Gasteiger partial charge in [0.05, 0.1) is 10.8 Å². The standard InChI is InChI=1S/C15H18N2O4S/c1-2-16-22(19,20)11-7-8-17(9-11)15(18)13-10-21-14-6-4-3-5-12(13)14/h3-6,10-11,16H,2,7-9H2,1H3. The quantitative estimate of drug-likeness (QED) is 0.927. The Balaban J connectivity index is 1.80. The van der Waals surface area contributed by atoms with E-state index in [9.17, 15) is 13.2 Å². The Morgan fingerprint density at radius 3 is 2.95 bits per heavy atom. The Labute approximate surface area is 129 Å². The SMILES string of the molecule is CCNS(=O)(=O)C1CCN(C(=O)c2coc3ccccc23)C1. The molecule has 22 heavy (non-hydrogen) atoms. The lowest BCUT2D eigenvalue weighted by Crippen LogP contribution is -2.37. The third kappa shape index (κ3) is 2.62. The molecule has 1 aromatic carbocycles. The van der Waals surface area contributed by atoms with Gasteiger partial charge in [-0.3, -0.25) is 4.79 Å². The summed E-state index contributed by atoms with van der Waals surface area (Å²) in [5, 5.41) is 0.208. The highest BCUT2D eigenvalue weighted by molar-refractivity contribution is 7.90. The Kier molecular flexibility index (Phi) is 3.92. The monoisotopic (exact) mass is 322 g/mol. The number of fused-ring (bicyclic) bond motifs is 1. The smallest absolute Gasteiger partial charge is 0.257 e. The van der Waals surface area contributed by atoms with E-state index in [2.05, 4.69) is 4.72 Å². The first-order valence-corrected chi connectivity index (χ1v) is 8.81. The minimum atomic E-state index is -3.36. The Hall–Kier alpha value is -1.86. The third-order valence-corrected chi connectivity index (χ3v) is 5.88. The topological polar surface area (TPSA) is 79.6 Å². The second-order valence-electron chi connectivity index (χ2n) is 5.35. The summed E-state index contributed by atoms with van der Waals surface area (Å²) in [5.41, 5.74) is 1.14. The molecule has 1 aliphatic rings. The van der Waals surface area contributed by atoms with Crippen molar-refractivity contribution in [1.29, 1.82) is 0 Å². The third-order valence-electron chi connectivity index (χ3n) is 3.93. The second kappa shape index (κ2) is 5.73. The number of benzene rings is 1. The van der Waals surface area contributed by atoms with E-state index in [1.165, 1.54) is 6.26 Å². The predicted molar refractivity (Wildman–Crippen MR) is 83.1 cm³/mol.